The van der Waals surface area contributed by atoms with Crippen molar-refractivity contribution in [3.63, 3.8) is 0 Å². The lowest BCUT2D eigenvalue weighted by Gasteiger charge is -2.37. The molecule has 17 heavy (non-hydrogen) atoms. The number of ether oxygens (including phenoxy) is 1. The molecular formula is C12H23ClN2O2. The Morgan fingerprint density at radius 2 is 2.12 bits per heavy atom. The van der Waals surface area contributed by atoms with Gasteiger partial charge in [-0.15, -0.1) is 12.4 Å². The molecule has 2 unspecified atom stereocenters. The second-order valence-electron chi connectivity index (χ2n) is 4.99. The van der Waals surface area contributed by atoms with Crippen molar-refractivity contribution in [1.82, 2.24) is 4.90 Å². The maximum atomic E-state index is 12.1. The van der Waals surface area contributed by atoms with Crippen LogP contribution in [0.1, 0.15) is 32.1 Å². The zero-order valence-electron chi connectivity index (χ0n) is 10.4. The predicted molar refractivity (Wildman–Crippen MR) is 69.2 cm³/mol. The number of methoxy groups -OCH3 is 1. The van der Waals surface area contributed by atoms with E-state index in [0.717, 1.165) is 25.3 Å². The normalized spacial score (nSPS) is 26.2. The van der Waals surface area contributed by atoms with E-state index in [1.165, 1.54) is 19.3 Å². The van der Waals surface area contributed by atoms with E-state index in [-0.39, 0.29) is 18.3 Å². The number of nitrogens with two attached hydrogens (primary N) is 1. The molecule has 0 radical (unpaired) electrons. The van der Waals surface area contributed by atoms with Crippen LogP contribution in [-0.2, 0) is 9.53 Å². The minimum Gasteiger partial charge on any atom is -0.383 e. The number of likely N-dealkylation sites (tertiary alicyclic amines) is 1. The van der Waals surface area contributed by atoms with E-state index in [1.54, 1.807) is 7.11 Å². The lowest BCUT2D eigenvalue weighted by atomic mass is 9.78. The third-order valence-electron chi connectivity index (χ3n) is 3.94. The first kappa shape index (κ1) is 14.7. The maximum Gasteiger partial charge on any atom is 0.242 e. The Kier molecular flexibility index (Phi) is 5.70. The molecule has 1 saturated heterocycles. The number of hydrogen-bond acceptors (Lipinski definition) is 3. The van der Waals surface area contributed by atoms with Gasteiger partial charge in [0.1, 0.15) is 6.04 Å². The number of hydrogen-bond donors (Lipinski definition) is 1. The third kappa shape index (κ3) is 3.12. The average Bonchev–Trinajstić information content (AvgIpc) is 2.63. The Morgan fingerprint density at radius 3 is 2.65 bits per heavy atom. The van der Waals surface area contributed by atoms with Crippen molar-refractivity contribution in [3.05, 3.63) is 0 Å². The topological polar surface area (TPSA) is 55.6 Å². The molecule has 2 atom stereocenters. The Morgan fingerprint density at radius 1 is 1.41 bits per heavy atom. The highest BCUT2D eigenvalue weighted by molar-refractivity contribution is 5.85. The van der Waals surface area contributed by atoms with Crippen LogP contribution >= 0.6 is 12.4 Å². The lowest BCUT2D eigenvalue weighted by Crippen LogP contribution is -2.50. The van der Waals surface area contributed by atoms with Gasteiger partial charge in [0.2, 0.25) is 5.91 Å². The van der Waals surface area contributed by atoms with Crippen LogP contribution in [0.25, 0.3) is 0 Å². The summed E-state index contributed by atoms with van der Waals surface area (Å²) in [5.41, 5.74) is 5.81. The van der Waals surface area contributed by atoms with Crippen LogP contribution in [0.5, 0.6) is 0 Å². The molecule has 0 aromatic heterocycles. The van der Waals surface area contributed by atoms with E-state index in [0.29, 0.717) is 12.6 Å². The second-order valence-corrected chi connectivity index (χ2v) is 4.99. The van der Waals surface area contributed by atoms with E-state index >= 15 is 0 Å². The zero-order valence-corrected chi connectivity index (χ0v) is 11.2. The summed E-state index contributed by atoms with van der Waals surface area (Å²) in [5.74, 6) is 0.817. The maximum absolute atomic E-state index is 12.1. The largest absolute Gasteiger partial charge is 0.383 e. The standard InChI is InChI=1S/C12H22N2O2.ClH/c1-16-8-10(13)12(15)14-7-3-6-11(14)9-4-2-5-9;/h9-11H,2-8,13H2,1H3;1H. The molecule has 2 aliphatic rings. The van der Waals surface area contributed by atoms with Gasteiger partial charge in [0.05, 0.1) is 6.61 Å². The molecule has 2 N–H and O–H groups in total. The second kappa shape index (κ2) is 6.57. The molecule has 1 aliphatic heterocycles. The van der Waals surface area contributed by atoms with Gasteiger partial charge in [-0.05, 0) is 31.6 Å². The average molecular weight is 263 g/mol. The number of carbonyl (C=O) groups excluding carboxylic acids is 1. The number of rotatable bonds is 4. The summed E-state index contributed by atoms with van der Waals surface area (Å²) in [7, 11) is 1.58. The smallest absolute Gasteiger partial charge is 0.242 e. The predicted octanol–water partition coefficient (Wildman–Crippen LogP) is 1.17. The molecular weight excluding hydrogens is 240 g/mol. The van der Waals surface area contributed by atoms with Crippen LogP contribution in [-0.4, -0.2) is 43.2 Å². The molecule has 0 aromatic rings. The van der Waals surface area contributed by atoms with E-state index in [9.17, 15) is 4.79 Å². The Labute approximate surface area is 109 Å². The fourth-order valence-electron chi connectivity index (χ4n) is 2.84. The summed E-state index contributed by atoms with van der Waals surface area (Å²) in [4.78, 5) is 14.1. The van der Waals surface area contributed by atoms with Gasteiger partial charge in [-0.3, -0.25) is 4.79 Å². The molecule has 2 rings (SSSR count). The van der Waals surface area contributed by atoms with Gasteiger partial charge in [0.15, 0.2) is 0 Å². The van der Waals surface area contributed by atoms with Gasteiger partial charge in [0.25, 0.3) is 0 Å². The van der Waals surface area contributed by atoms with E-state index in [4.69, 9.17) is 10.5 Å². The minimum absolute atomic E-state index is 0. The van der Waals surface area contributed by atoms with Gasteiger partial charge in [-0.2, -0.15) is 0 Å². The van der Waals surface area contributed by atoms with E-state index in [1.807, 2.05) is 4.90 Å². The van der Waals surface area contributed by atoms with Crippen molar-refractivity contribution < 1.29 is 9.53 Å². The van der Waals surface area contributed by atoms with Crippen LogP contribution in [0.4, 0.5) is 0 Å². The minimum atomic E-state index is -0.481. The monoisotopic (exact) mass is 262 g/mol. The highest BCUT2D eigenvalue weighted by atomic mass is 35.5. The molecule has 0 bridgehead atoms. The van der Waals surface area contributed by atoms with Crippen LogP contribution in [0.2, 0.25) is 0 Å². The Bertz CT molecular complexity index is 259. The molecule has 1 saturated carbocycles. The highest BCUT2D eigenvalue weighted by Crippen LogP contribution is 2.37. The van der Waals surface area contributed by atoms with Gasteiger partial charge >= 0.3 is 0 Å². The summed E-state index contributed by atoms with van der Waals surface area (Å²) in [6.07, 6.45) is 6.19. The molecule has 2 fully saturated rings. The first-order chi connectivity index (χ1) is 7.74. The third-order valence-corrected chi connectivity index (χ3v) is 3.94. The van der Waals surface area contributed by atoms with E-state index < -0.39 is 6.04 Å². The number of halogens is 1. The molecule has 4 nitrogen and oxygen atoms in total. The van der Waals surface area contributed by atoms with Gasteiger partial charge < -0.3 is 15.4 Å². The van der Waals surface area contributed by atoms with Crippen molar-refractivity contribution >= 4 is 18.3 Å². The van der Waals surface area contributed by atoms with Crippen molar-refractivity contribution in [2.75, 3.05) is 20.3 Å². The highest BCUT2D eigenvalue weighted by Gasteiger charge is 2.38. The summed E-state index contributed by atoms with van der Waals surface area (Å²) < 4.78 is 4.95. The van der Waals surface area contributed by atoms with Crippen LogP contribution in [0.15, 0.2) is 0 Å². The van der Waals surface area contributed by atoms with Crippen molar-refractivity contribution in [3.8, 4) is 0 Å². The molecule has 1 aliphatic carbocycles. The van der Waals surface area contributed by atoms with Crippen LogP contribution in [0.3, 0.4) is 0 Å². The van der Waals surface area contributed by atoms with Crippen LogP contribution in [0, 0.1) is 5.92 Å². The van der Waals surface area contributed by atoms with Crippen molar-refractivity contribution in [2.45, 2.75) is 44.2 Å². The number of amides is 1. The molecule has 0 spiro atoms. The fraction of sp³-hybridized carbons (Fsp3) is 0.917. The quantitative estimate of drug-likeness (QED) is 0.828. The van der Waals surface area contributed by atoms with Crippen molar-refractivity contribution in [1.29, 1.82) is 0 Å². The SMILES string of the molecule is COCC(N)C(=O)N1CCCC1C1CCC1.Cl. The fourth-order valence-corrected chi connectivity index (χ4v) is 2.84. The van der Waals surface area contributed by atoms with Gasteiger partial charge in [0, 0.05) is 19.7 Å². The van der Waals surface area contributed by atoms with Gasteiger partial charge in [-0.1, -0.05) is 6.42 Å². The van der Waals surface area contributed by atoms with Gasteiger partial charge in [-0.25, -0.2) is 0 Å². The molecule has 5 heteroatoms. The van der Waals surface area contributed by atoms with Crippen molar-refractivity contribution in [2.24, 2.45) is 11.7 Å². The summed E-state index contributed by atoms with van der Waals surface area (Å²) >= 11 is 0. The lowest BCUT2D eigenvalue weighted by molar-refractivity contribution is -0.136. The molecule has 1 amide bonds. The first-order valence-electron chi connectivity index (χ1n) is 6.29. The summed E-state index contributed by atoms with van der Waals surface area (Å²) in [6.45, 7) is 1.21. The van der Waals surface area contributed by atoms with Crippen LogP contribution < -0.4 is 5.73 Å². The Hall–Kier alpha value is -0.320. The molecule has 100 valence electrons. The number of nitrogens with zero attached hydrogens (tertiary/aromatic N) is 1. The molecule has 0 aromatic carbocycles. The summed E-state index contributed by atoms with van der Waals surface area (Å²) in [6, 6.07) is -0.0187. The Balaban J connectivity index is 0.00000144. The van der Waals surface area contributed by atoms with E-state index in [2.05, 4.69) is 0 Å². The molecule has 1 heterocycles. The zero-order chi connectivity index (χ0) is 11.5. The first-order valence-corrected chi connectivity index (χ1v) is 6.29. The summed E-state index contributed by atoms with van der Waals surface area (Å²) in [5, 5.41) is 0. The number of carbonyl (C=O) groups is 1.